The number of hydrogen-bond donors (Lipinski definition) is 0. The second kappa shape index (κ2) is 4.96. The van der Waals surface area contributed by atoms with Gasteiger partial charge in [-0.1, -0.05) is 6.90 Å². The number of ether oxygens (including phenoxy) is 1. The maximum absolute atomic E-state index is 7.01. The summed E-state index contributed by atoms with van der Waals surface area (Å²) >= 11 is 0. The molecule has 0 N–H and O–H groups in total. The average Bonchev–Trinajstić information content (AvgIpc) is 1.83. The monoisotopic (exact) mass is 92.1 g/mol. The van der Waals surface area contributed by atoms with Crippen LogP contribution in [0.4, 0.5) is 0 Å². The molecular weight excluding hydrogens is 76.1 g/mol. The van der Waals surface area contributed by atoms with Crippen molar-refractivity contribution in [1.29, 1.82) is 0 Å². The van der Waals surface area contributed by atoms with Crippen molar-refractivity contribution in [2.24, 2.45) is 0 Å². The molecule has 0 amide bonds. The van der Waals surface area contributed by atoms with Crippen LogP contribution in [0.3, 0.4) is 0 Å². The van der Waals surface area contributed by atoms with Gasteiger partial charge in [-0.15, -0.1) is 0 Å². The summed E-state index contributed by atoms with van der Waals surface area (Å²) in [7, 11) is 0. The Morgan fingerprint density at radius 3 is 3.33 bits per heavy atom. The first-order chi connectivity index (χ1) is 3.81. The number of hydrogen-bond acceptors (Lipinski definition) is 1. The Labute approximate surface area is 42.1 Å². The van der Waals surface area contributed by atoms with Gasteiger partial charge in [0, 0.05) is 16.0 Å². The molecule has 0 aromatic rings. The van der Waals surface area contributed by atoms with Gasteiger partial charge in [0.05, 0.1) is 0 Å². The second-order valence-electron chi connectivity index (χ2n) is 0.948. The highest BCUT2D eigenvalue weighted by atomic mass is 16.5. The molecule has 0 heterocycles. The highest BCUT2D eigenvalue weighted by molar-refractivity contribution is 4.19. The van der Waals surface area contributed by atoms with Gasteiger partial charge >= 0.3 is 0 Å². The molecule has 6 heavy (non-hydrogen) atoms. The molecule has 0 saturated heterocycles. The minimum Gasteiger partial charge on any atom is -0.382 e. The van der Waals surface area contributed by atoms with E-state index < -0.39 is 0 Å². The lowest BCUT2D eigenvalue weighted by molar-refractivity contribution is 0.148. The van der Waals surface area contributed by atoms with Crippen LogP contribution in [0, 0.1) is 0 Å². The van der Waals surface area contributed by atoms with Crippen LogP contribution in [-0.2, 0) is 4.74 Å². The fourth-order valence-electron chi connectivity index (χ4n) is 0.201. The van der Waals surface area contributed by atoms with E-state index in [9.17, 15) is 0 Å². The molecule has 1 heteroatoms. The summed E-state index contributed by atoms with van der Waals surface area (Å²) in [4.78, 5) is 0. The predicted molar refractivity (Wildman–Crippen MR) is 26.8 cm³/mol. The van der Waals surface area contributed by atoms with Crippen LogP contribution in [-0.4, -0.2) is 13.2 Å². The summed E-state index contributed by atoms with van der Waals surface area (Å²) in [5, 5.41) is 0. The quantitative estimate of drug-likeness (QED) is 0.511. The molecule has 0 radical (unpaired) electrons. The molecule has 0 fully saturated rings. The molecule has 0 spiro atoms. The smallest absolute Gasteiger partial charge is 0.0463 e. The lowest BCUT2D eigenvalue weighted by Gasteiger charge is -1.91. The zero-order valence-corrected chi connectivity index (χ0v) is 4.11. The number of rotatable bonds is 3. The molecule has 0 aliphatic rings. The fraction of sp³-hybridized carbons (Fsp3) is 1.00. The van der Waals surface area contributed by atoms with Crippen LogP contribution in [0.2, 0.25) is 0 Å². The molecule has 0 rings (SSSR count). The lowest BCUT2D eigenvalue weighted by atomic mass is 10.5. The maximum atomic E-state index is 7.01. The Hall–Kier alpha value is -0.0400. The van der Waals surface area contributed by atoms with Crippen molar-refractivity contribution < 1.29 is 7.48 Å². The minimum absolute atomic E-state index is 0.139. The fourth-order valence-corrected chi connectivity index (χ4v) is 0.201. The van der Waals surface area contributed by atoms with Crippen molar-refractivity contribution in [3.8, 4) is 0 Å². The summed E-state index contributed by atoms with van der Waals surface area (Å²) in [6.45, 7) is 3.08. The van der Waals surface area contributed by atoms with Crippen molar-refractivity contribution in [1.82, 2.24) is 0 Å². The van der Waals surface area contributed by atoms with Crippen LogP contribution >= 0.6 is 0 Å². The highest BCUT2D eigenvalue weighted by Crippen LogP contribution is 1.75. The van der Waals surface area contributed by atoms with E-state index in [2.05, 4.69) is 0 Å². The molecule has 0 aromatic heterocycles. The van der Waals surface area contributed by atoms with Crippen LogP contribution in [0.5, 0.6) is 0 Å². The van der Waals surface area contributed by atoms with E-state index in [0.29, 0.717) is 13.2 Å². The van der Waals surface area contributed by atoms with Crippen molar-refractivity contribution in [3.05, 3.63) is 0 Å². The molecule has 1 unspecified atom stereocenters. The van der Waals surface area contributed by atoms with Crippen molar-refractivity contribution in [2.45, 2.75) is 20.2 Å². The lowest BCUT2D eigenvalue weighted by Crippen LogP contribution is -1.88. The Kier molecular flexibility index (Phi) is 2.50. The normalized spacial score (nSPS) is 18.8. The Morgan fingerprint density at radius 2 is 2.83 bits per heavy atom. The topological polar surface area (TPSA) is 9.23 Å². The molecule has 1 nitrogen and oxygen atoms in total. The first-order valence-electron chi connectivity index (χ1n) is 3.39. The van der Waals surface area contributed by atoms with Crippen molar-refractivity contribution in [3.63, 3.8) is 0 Å². The van der Waals surface area contributed by atoms with Crippen molar-refractivity contribution in [2.75, 3.05) is 13.2 Å². The third-order valence-electron chi connectivity index (χ3n) is 0.440. The minimum atomic E-state index is -0.352. The Balaban J connectivity index is 2.86. The van der Waals surface area contributed by atoms with E-state index in [0.717, 1.165) is 0 Å². The van der Waals surface area contributed by atoms with Gasteiger partial charge in [-0.25, -0.2) is 0 Å². The summed E-state index contributed by atoms with van der Waals surface area (Å²) < 4.78 is 18.6. The van der Waals surface area contributed by atoms with Gasteiger partial charge in [-0.2, -0.15) is 0 Å². The standard InChI is InChI=1S/C5H12O/c1-3-5-6-4-2/h3-5H2,1-2H3/i1T,3T. The van der Waals surface area contributed by atoms with Gasteiger partial charge in [0.25, 0.3) is 0 Å². The van der Waals surface area contributed by atoms with Crippen molar-refractivity contribution >= 4 is 0 Å². The van der Waals surface area contributed by atoms with Crippen LogP contribution in [0.25, 0.3) is 0 Å². The molecule has 0 aromatic carbocycles. The molecule has 0 bridgehead atoms. The van der Waals surface area contributed by atoms with Crippen LogP contribution < -0.4 is 0 Å². The van der Waals surface area contributed by atoms with Gasteiger partial charge in [-0.05, 0) is 13.3 Å². The molecule has 0 aliphatic carbocycles. The van der Waals surface area contributed by atoms with E-state index in [-0.39, 0.29) is 13.3 Å². The maximum Gasteiger partial charge on any atom is 0.0463 e. The summed E-state index contributed by atoms with van der Waals surface area (Å²) in [6, 6.07) is 0. The Morgan fingerprint density at radius 1 is 2.00 bits per heavy atom. The second-order valence-corrected chi connectivity index (χ2v) is 0.948. The van der Waals surface area contributed by atoms with Gasteiger partial charge in [0.1, 0.15) is 0 Å². The summed E-state index contributed by atoms with van der Waals surface area (Å²) in [5.41, 5.74) is 0. The van der Waals surface area contributed by atoms with E-state index in [1.165, 1.54) is 0 Å². The summed E-state index contributed by atoms with van der Waals surface area (Å²) in [6.07, 6.45) is -0.352. The average molecular weight is 92.2 g/mol. The summed E-state index contributed by atoms with van der Waals surface area (Å²) in [5.74, 6) is 0. The van der Waals surface area contributed by atoms with E-state index in [1.807, 2.05) is 6.92 Å². The zero-order valence-electron chi connectivity index (χ0n) is 6.11. The highest BCUT2D eigenvalue weighted by Gasteiger charge is 1.72. The van der Waals surface area contributed by atoms with Crippen LogP contribution in [0.15, 0.2) is 0 Å². The van der Waals surface area contributed by atoms with Gasteiger partial charge in [0.2, 0.25) is 0 Å². The van der Waals surface area contributed by atoms with Gasteiger partial charge in [0.15, 0.2) is 0 Å². The third kappa shape index (κ3) is 3.96. The Bertz CT molecular complexity index is 49.7. The molecule has 0 saturated carbocycles. The first kappa shape index (κ1) is 3.03. The molecule has 0 aliphatic heterocycles. The molecule has 1 atom stereocenters. The zero-order chi connectivity index (χ0) is 6.41. The SMILES string of the molecule is [3H]CC([3H])COCC. The molecular formula is C5H12O. The van der Waals surface area contributed by atoms with E-state index in [1.54, 1.807) is 0 Å². The predicted octanol–water partition coefficient (Wildman–Crippen LogP) is 1.43. The molecule has 38 valence electrons. The largest absolute Gasteiger partial charge is 0.382 e. The van der Waals surface area contributed by atoms with E-state index in [4.69, 9.17) is 7.48 Å². The van der Waals surface area contributed by atoms with Gasteiger partial charge < -0.3 is 4.74 Å². The third-order valence-corrected chi connectivity index (χ3v) is 0.440. The van der Waals surface area contributed by atoms with Crippen LogP contribution in [0.1, 0.15) is 23.0 Å². The van der Waals surface area contributed by atoms with E-state index >= 15 is 0 Å². The van der Waals surface area contributed by atoms with Gasteiger partial charge in [-0.3, -0.25) is 0 Å². The first-order valence-corrected chi connectivity index (χ1v) is 2.10.